The lowest BCUT2D eigenvalue weighted by Crippen LogP contribution is -2.22. The van der Waals surface area contributed by atoms with E-state index in [9.17, 15) is 9.59 Å². The number of nitrogens with zero attached hydrogens (tertiary/aromatic N) is 2. The SMILES string of the molecule is CC(=O)N(c1ccccc1)c1nc(/C=C/C(=O)Nc2ccc(OCC(C)C)c(Cl)c2)cs1. The van der Waals surface area contributed by atoms with Crippen LogP contribution in [0.15, 0.2) is 60.0 Å². The minimum absolute atomic E-state index is 0.142. The molecule has 0 saturated carbocycles. The van der Waals surface area contributed by atoms with Gasteiger partial charge in [-0.05, 0) is 42.3 Å². The number of hydrogen-bond acceptors (Lipinski definition) is 5. The lowest BCUT2D eigenvalue weighted by molar-refractivity contribution is -0.116. The number of anilines is 3. The second-order valence-electron chi connectivity index (χ2n) is 7.42. The van der Waals surface area contributed by atoms with Crippen molar-refractivity contribution in [1.29, 1.82) is 0 Å². The van der Waals surface area contributed by atoms with E-state index in [0.29, 0.717) is 39.8 Å². The Morgan fingerprint density at radius 3 is 2.62 bits per heavy atom. The zero-order valence-electron chi connectivity index (χ0n) is 18.0. The van der Waals surface area contributed by atoms with Crippen LogP contribution in [-0.4, -0.2) is 23.4 Å². The van der Waals surface area contributed by atoms with Gasteiger partial charge in [0.2, 0.25) is 11.8 Å². The molecule has 0 aliphatic rings. The highest BCUT2D eigenvalue weighted by Crippen LogP contribution is 2.30. The number of ether oxygens (including phenoxy) is 1. The molecule has 3 aromatic rings. The number of halogens is 1. The Kier molecular flexibility index (Phi) is 8.03. The molecule has 166 valence electrons. The third-order valence-corrected chi connectivity index (χ3v) is 5.35. The van der Waals surface area contributed by atoms with Crippen LogP contribution in [0.5, 0.6) is 5.75 Å². The van der Waals surface area contributed by atoms with Crippen molar-refractivity contribution in [2.45, 2.75) is 20.8 Å². The first-order chi connectivity index (χ1) is 15.3. The largest absolute Gasteiger partial charge is 0.492 e. The number of rotatable bonds is 8. The lowest BCUT2D eigenvalue weighted by Gasteiger charge is -2.17. The normalized spacial score (nSPS) is 11.0. The van der Waals surface area contributed by atoms with Gasteiger partial charge in [-0.15, -0.1) is 11.3 Å². The number of para-hydroxylation sites is 1. The van der Waals surface area contributed by atoms with Gasteiger partial charge in [-0.3, -0.25) is 14.5 Å². The molecule has 1 aromatic heterocycles. The van der Waals surface area contributed by atoms with Crippen molar-refractivity contribution in [3.8, 4) is 5.75 Å². The van der Waals surface area contributed by atoms with Crippen LogP contribution in [-0.2, 0) is 9.59 Å². The van der Waals surface area contributed by atoms with E-state index in [1.807, 2.05) is 30.3 Å². The van der Waals surface area contributed by atoms with Crippen LogP contribution < -0.4 is 15.0 Å². The van der Waals surface area contributed by atoms with Gasteiger partial charge in [-0.2, -0.15) is 0 Å². The second kappa shape index (κ2) is 10.9. The molecule has 0 unspecified atom stereocenters. The zero-order chi connectivity index (χ0) is 23.1. The number of thiazole rings is 1. The van der Waals surface area contributed by atoms with E-state index in [2.05, 4.69) is 24.1 Å². The summed E-state index contributed by atoms with van der Waals surface area (Å²) >= 11 is 7.57. The molecule has 1 heterocycles. The number of hydrogen-bond donors (Lipinski definition) is 1. The molecule has 0 saturated heterocycles. The van der Waals surface area contributed by atoms with Crippen molar-refractivity contribution in [3.63, 3.8) is 0 Å². The monoisotopic (exact) mass is 469 g/mol. The molecule has 8 heteroatoms. The van der Waals surface area contributed by atoms with Gasteiger partial charge in [0.1, 0.15) is 5.75 Å². The van der Waals surface area contributed by atoms with E-state index < -0.39 is 0 Å². The molecule has 32 heavy (non-hydrogen) atoms. The molecule has 0 spiro atoms. The molecule has 0 fully saturated rings. The molecule has 0 aliphatic carbocycles. The molecular weight excluding hydrogens is 446 g/mol. The Bertz CT molecular complexity index is 1110. The highest BCUT2D eigenvalue weighted by atomic mass is 35.5. The Morgan fingerprint density at radius 2 is 1.97 bits per heavy atom. The maximum Gasteiger partial charge on any atom is 0.248 e. The van der Waals surface area contributed by atoms with E-state index in [1.54, 1.807) is 29.7 Å². The number of carbonyl (C=O) groups is 2. The molecule has 6 nitrogen and oxygen atoms in total. The molecular formula is C24H24ClN3O3S. The van der Waals surface area contributed by atoms with Crippen LogP contribution in [0, 0.1) is 5.92 Å². The predicted molar refractivity (Wildman–Crippen MR) is 131 cm³/mol. The summed E-state index contributed by atoms with van der Waals surface area (Å²) in [4.78, 5) is 30.4. The summed E-state index contributed by atoms with van der Waals surface area (Å²) in [5.74, 6) is 0.504. The highest BCUT2D eigenvalue weighted by Gasteiger charge is 2.17. The fourth-order valence-corrected chi connectivity index (χ4v) is 3.85. The smallest absolute Gasteiger partial charge is 0.248 e. The Labute approximate surface area is 196 Å². The van der Waals surface area contributed by atoms with Gasteiger partial charge in [0.05, 0.1) is 23.0 Å². The molecule has 0 radical (unpaired) electrons. The zero-order valence-corrected chi connectivity index (χ0v) is 19.6. The molecule has 0 aliphatic heterocycles. The first-order valence-corrected chi connectivity index (χ1v) is 11.3. The van der Waals surface area contributed by atoms with Gasteiger partial charge >= 0.3 is 0 Å². The van der Waals surface area contributed by atoms with Crippen molar-refractivity contribution in [2.24, 2.45) is 5.92 Å². The van der Waals surface area contributed by atoms with Crippen LogP contribution in [0.1, 0.15) is 26.5 Å². The van der Waals surface area contributed by atoms with E-state index in [1.165, 1.54) is 29.2 Å². The van der Waals surface area contributed by atoms with E-state index in [4.69, 9.17) is 16.3 Å². The van der Waals surface area contributed by atoms with Gasteiger partial charge in [-0.1, -0.05) is 43.6 Å². The van der Waals surface area contributed by atoms with Crippen LogP contribution >= 0.6 is 22.9 Å². The first-order valence-electron chi connectivity index (χ1n) is 10.1. The number of carbonyl (C=O) groups excluding carboxylic acids is 2. The number of amides is 2. The van der Waals surface area contributed by atoms with Crippen molar-refractivity contribution >= 4 is 57.3 Å². The summed E-state index contributed by atoms with van der Waals surface area (Å²) in [6.07, 6.45) is 2.98. The molecule has 0 bridgehead atoms. The lowest BCUT2D eigenvalue weighted by atomic mass is 10.2. The van der Waals surface area contributed by atoms with Crippen LogP contribution in [0.3, 0.4) is 0 Å². The van der Waals surface area contributed by atoms with Crippen molar-refractivity contribution in [3.05, 3.63) is 70.7 Å². The van der Waals surface area contributed by atoms with Gasteiger partial charge in [0.15, 0.2) is 5.13 Å². The minimum atomic E-state index is -0.321. The second-order valence-corrected chi connectivity index (χ2v) is 8.66. The van der Waals surface area contributed by atoms with Crippen molar-refractivity contribution < 1.29 is 14.3 Å². The summed E-state index contributed by atoms with van der Waals surface area (Å²) in [6, 6.07) is 14.4. The fraction of sp³-hybridized carbons (Fsp3) is 0.208. The van der Waals surface area contributed by atoms with Gasteiger partial charge in [0, 0.05) is 24.1 Å². The fourth-order valence-electron chi connectivity index (χ4n) is 2.76. The molecule has 2 aromatic carbocycles. The predicted octanol–water partition coefficient (Wildman–Crippen LogP) is 6.17. The Hall–Kier alpha value is -3.16. The summed E-state index contributed by atoms with van der Waals surface area (Å²) in [6.45, 7) is 6.16. The molecule has 3 rings (SSSR count). The average molecular weight is 470 g/mol. The van der Waals surface area contributed by atoms with Crippen LogP contribution in [0.4, 0.5) is 16.5 Å². The summed E-state index contributed by atoms with van der Waals surface area (Å²) in [7, 11) is 0. The average Bonchev–Trinajstić information content (AvgIpc) is 3.20. The van der Waals surface area contributed by atoms with Crippen molar-refractivity contribution in [2.75, 3.05) is 16.8 Å². The molecule has 2 amide bonds. The maximum atomic E-state index is 12.3. The molecule has 0 atom stereocenters. The molecule has 1 N–H and O–H groups in total. The third-order valence-electron chi connectivity index (χ3n) is 4.21. The summed E-state index contributed by atoms with van der Waals surface area (Å²) < 4.78 is 5.64. The van der Waals surface area contributed by atoms with Gasteiger partial charge < -0.3 is 10.1 Å². The van der Waals surface area contributed by atoms with E-state index in [-0.39, 0.29) is 11.8 Å². The summed E-state index contributed by atoms with van der Waals surface area (Å²) in [5, 5.41) is 5.52. The van der Waals surface area contributed by atoms with Gasteiger partial charge in [-0.25, -0.2) is 4.98 Å². The first kappa shape index (κ1) is 23.5. The number of nitrogens with one attached hydrogen (secondary N) is 1. The third kappa shape index (κ3) is 6.42. The van der Waals surface area contributed by atoms with Gasteiger partial charge in [0.25, 0.3) is 0 Å². The highest BCUT2D eigenvalue weighted by molar-refractivity contribution is 7.14. The Morgan fingerprint density at radius 1 is 1.22 bits per heavy atom. The minimum Gasteiger partial charge on any atom is -0.492 e. The van der Waals surface area contributed by atoms with Crippen molar-refractivity contribution in [1.82, 2.24) is 4.98 Å². The van der Waals surface area contributed by atoms with Crippen LogP contribution in [0.25, 0.3) is 6.08 Å². The maximum absolute atomic E-state index is 12.3. The Balaban J connectivity index is 1.64. The summed E-state index contributed by atoms with van der Waals surface area (Å²) in [5.41, 5.74) is 1.88. The quantitative estimate of drug-likeness (QED) is 0.400. The van der Waals surface area contributed by atoms with E-state index in [0.717, 1.165) is 5.69 Å². The van der Waals surface area contributed by atoms with Crippen LogP contribution in [0.2, 0.25) is 5.02 Å². The van der Waals surface area contributed by atoms with E-state index >= 15 is 0 Å². The standard InChI is InChI=1S/C24H24ClN3O3S/c1-16(2)14-31-22-11-9-18(13-21(22)25)26-23(30)12-10-19-15-32-24(27-19)28(17(3)29)20-7-5-4-6-8-20/h4-13,15-16H,14H2,1-3H3,(H,26,30)/b12-10+. The number of aromatic nitrogens is 1. The number of benzene rings is 2. The topological polar surface area (TPSA) is 71.5 Å².